The summed E-state index contributed by atoms with van der Waals surface area (Å²) in [5.74, 6) is 1.73. The van der Waals surface area contributed by atoms with Crippen LogP contribution >= 0.6 is 0 Å². The van der Waals surface area contributed by atoms with Gasteiger partial charge in [0.25, 0.3) is 11.5 Å². The Kier molecular flexibility index (Phi) is 5.46. The Morgan fingerprint density at radius 1 is 1.33 bits per heavy atom. The summed E-state index contributed by atoms with van der Waals surface area (Å²) < 4.78 is 2.03. The summed E-state index contributed by atoms with van der Waals surface area (Å²) in [6.45, 7) is 5.56. The zero-order valence-electron chi connectivity index (χ0n) is 16.7. The van der Waals surface area contributed by atoms with Crippen LogP contribution in [0.3, 0.4) is 0 Å². The number of rotatable bonds is 4. The third-order valence-electron chi connectivity index (χ3n) is 5.11. The van der Waals surface area contributed by atoms with Crippen LogP contribution in [0.1, 0.15) is 52.0 Å². The molecule has 2 aromatic heterocycles. The summed E-state index contributed by atoms with van der Waals surface area (Å²) in [5.41, 5.74) is 1.41. The molecule has 0 radical (unpaired) electrons. The number of amides is 1. The molecular weight excluding hydrogens is 344 g/mol. The van der Waals surface area contributed by atoms with Crippen molar-refractivity contribution < 1.29 is 4.79 Å². The van der Waals surface area contributed by atoms with Crippen LogP contribution in [0, 0.1) is 13.8 Å². The van der Waals surface area contributed by atoms with Crippen LogP contribution in [0.15, 0.2) is 10.9 Å². The summed E-state index contributed by atoms with van der Waals surface area (Å²) in [7, 11) is 5.97. The fourth-order valence-electron chi connectivity index (χ4n) is 3.80. The molecule has 0 bridgehead atoms. The van der Waals surface area contributed by atoms with E-state index in [1.165, 1.54) is 0 Å². The van der Waals surface area contributed by atoms with Gasteiger partial charge >= 0.3 is 0 Å². The smallest absolute Gasteiger partial charge is 0.261 e. The highest BCUT2D eigenvalue weighted by Gasteiger charge is 2.30. The van der Waals surface area contributed by atoms with E-state index in [0.29, 0.717) is 13.1 Å². The number of likely N-dealkylation sites (tertiary alicyclic amines) is 1. The van der Waals surface area contributed by atoms with Crippen molar-refractivity contribution in [2.24, 2.45) is 7.05 Å². The number of hydrogen-bond donors (Lipinski definition) is 1. The van der Waals surface area contributed by atoms with Gasteiger partial charge in [-0.2, -0.15) is 0 Å². The van der Waals surface area contributed by atoms with Gasteiger partial charge in [-0.3, -0.25) is 9.59 Å². The molecule has 8 nitrogen and oxygen atoms in total. The van der Waals surface area contributed by atoms with Crippen molar-refractivity contribution in [1.29, 1.82) is 0 Å². The Morgan fingerprint density at radius 2 is 2.07 bits per heavy atom. The maximum Gasteiger partial charge on any atom is 0.261 e. The average molecular weight is 372 g/mol. The van der Waals surface area contributed by atoms with Crippen LogP contribution < -0.4 is 5.56 Å². The molecule has 0 unspecified atom stereocenters. The van der Waals surface area contributed by atoms with Gasteiger partial charge in [0, 0.05) is 31.7 Å². The fourth-order valence-corrected chi connectivity index (χ4v) is 3.80. The first-order valence-electron chi connectivity index (χ1n) is 9.30. The molecule has 2 aromatic rings. The van der Waals surface area contributed by atoms with Gasteiger partial charge in [-0.1, -0.05) is 0 Å². The SMILES string of the molecule is Cc1cc(C)c(C(=O)N2CCC[C@@H](c3nnc(CN(C)C)n3C)C2)c(=O)[nH]1. The number of aromatic nitrogens is 4. The van der Waals surface area contributed by atoms with Crippen molar-refractivity contribution in [2.75, 3.05) is 27.2 Å². The van der Waals surface area contributed by atoms with Crippen molar-refractivity contribution in [3.8, 4) is 0 Å². The number of carbonyl (C=O) groups excluding carboxylic acids is 1. The third kappa shape index (κ3) is 3.95. The van der Waals surface area contributed by atoms with Gasteiger partial charge in [0.2, 0.25) is 0 Å². The second-order valence-corrected chi connectivity index (χ2v) is 7.70. The maximum atomic E-state index is 13.0. The molecule has 0 saturated carbocycles. The molecule has 1 saturated heterocycles. The summed E-state index contributed by atoms with van der Waals surface area (Å²) in [6.07, 6.45) is 1.84. The Balaban J connectivity index is 1.82. The molecule has 0 aliphatic carbocycles. The van der Waals surface area contributed by atoms with Crippen LogP contribution in [-0.2, 0) is 13.6 Å². The highest BCUT2D eigenvalue weighted by Crippen LogP contribution is 2.27. The van der Waals surface area contributed by atoms with Crippen LogP contribution in [0.25, 0.3) is 0 Å². The normalized spacial score (nSPS) is 17.6. The summed E-state index contributed by atoms with van der Waals surface area (Å²) in [5, 5.41) is 8.70. The van der Waals surface area contributed by atoms with E-state index in [0.717, 1.165) is 42.3 Å². The minimum Gasteiger partial charge on any atom is -0.338 e. The molecular formula is C19H28N6O2. The number of carbonyl (C=O) groups is 1. The Hall–Kier alpha value is -2.48. The number of aromatic amines is 1. The van der Waals surface area contributed by atoms with Gasteiger partial charge in [-0.25, -0.2) is 0 Å². The van der Waals surface area contributed by atoms with Gasteiger partial charge in [-0.15, -0.1) is 10.2 Å². The summed E-state index contributed by atoms with van der Waals surface area (Å²) >= 11 is 0. The quantitative estimate of drug-likeness (QED) is 0.871. The van der Waals surface area contributed by atoms with E-state index in [-0.39, 0.29) is 22.9 Å². The number of piperidine rings is 1. The fraction of sp³-hybridized carbons (Fsp3) is 0.579. The summed E-state index contributed by atoms with van der Waals surface area (Å²) in [6, 6.07) is 1.84. The molecule has 1 aliphatic rings. The number of nitrogens with one attached hydrogen (secondary N) is 1. The molecule has 8 heteroatoms. The standard InChI is InChI=1S/C19H28N6O2/c1-12-9-13(2)20-18(26)16(12)19(27)25-8-6-7-14(10-25)17-22-21-15(24(17)5)11-23(3)4/h9,14H,6-8,10-11H2,1-5H3,(H,20,26)/t14-/m1/s1. The second kappa shape index (κ2) is 7.64. The first-order valence-corrected chi connectivity index (χ1v) is 9.30. The van der Waals surface area contributed by atoms with E-state index < -0.39 is 0 Å². The topological polar surface area (TPSA) is 87.1 Å². The monoisotopic (exact) mass is 372 g/mol. The van der Waals surface area contributed by atoms with Crippen LogP contribution in [0.5, 0.6) is 0 Å². The molecule has 1 amide bonds. The van der Waals surface area contributed by atoms with E-state index in [4.69, 9.17) is 0 Å². The highest BCUT2D eigenvalue weighted by molar-refractivity contribution is 5.95. The van der Waals surface area contributed by atoms with E-state index >= 15 is 0 Å². The Morgan fingerprint density at radius 3 is 2.74 bits per heavy atom. The molecule has 1 aliphatic heterocycles. The number of pyridine rings is 1. The molecule has 3 heterocycles. The van der Waals surface area contributed by atoms with Crippen molar-refractivity contribution in [2.45, 2.75) is 39.2 Å². The molecule has 3 rings (SSSR count). The third-order valence-corrected chi connectivity index (χ3v) is 5.11. The maximum absolute atomic E-state index is 13.0. The van der Waals surface area contributed by atoms with Crippen LogP contribution in [0.4, 0.5) is 0 Å². The predicted molar refractivity (Wildman–Crippen MR) is 103 cm³/mol. The van der Waals surface area contributed by atoms with Gasteiger partial charge < -0.3 is 19.4 Å². The molecule has 146 valence electrons. The predicted octanol–water partition coefficient (Wildman–Crippen LogP) is 1.20. The van der Waals surface area contributed by atoms with E-state index in [1.54, 1.807) is 4.90 Å². The number of aryl methyl sites for hydroxylation is 2. The van der Waals surface area contributed by atoms with Crippen molar-refractivity contribution >= 4 is 5.91 Å². The van der Waals surface area contributed by atoms with Gasteiger partial charge in [0.1, 0.15) is 17.2 Å². The van der Waals surface area contributed by atoms with Gasteiger partial charge in [0.05, 0.1) is 6.54 Å². The first kappa shape index (κ1) is 19.3. The minimum absolute atomic E-state index is 0.126. The lowest BCUT2D eigenvalue weighted by molar-refractivity contribution is 0.0700. The molecule has 0 spiro atoms. The Bertz CT molecular complexity index is 898. The molecule has 1 N–H and O–H groups in total. The lowest BCUT2D eigenvalue weighted by Crippen LogP contribution is -2.42. The van der Waals surface area contributed by atoms with E-state index in [1.807, 2.05) is 45.6 Å². The van der Waals surface area contributed by atoms with Gasteiger partial charge in [-0.05, 0) is 52.4 Å². The van der Waals surface area contributed by atoms with Crippen LogP contribution in [0.2, 0.25) is 0 Å². The van der Waals surface area contributed by atoms with Crippen molar-refractivity contribution in [1.82, 2.24) is 29.5 Å². The van der Waals surface area contributed by atoms with Crippen LogP contribution in [-0.4, -0.2) is 62.6 Å². The number of H-pyrrole nitrogens is 1. The Labute approximate surface area is 159 Å². The van der Waals surface area contributed by atoms with Gasteiger partial charge in [0.15, 0.2) is 0 Å². The van der Waals surface area contributed by atoms with Crippen molar-refractivity contribution in [3.05, 3.63) is 44.9 Å². The average Bonchev–Trinajstić information content (AvgIpc) is 2.94. The summed E-state index contributed by atoms with van der Waals surface area (Å²) in [4.78, 5) is 31.9. The molecule has 1 fully saturated rings. The largest absolute Gasteiger partial charge is 0.338 e. The van der Waals surface area contributed by atoms with E-state index in [9.17, 15) is 9.59 Å². The van der Waals surface area contributed by atoms with E-state index in [2.05, 4.69) is 20.1 Å². The zero-order chi connectivity index (χ0) is 19.7. The number of hydrogen-bond acceptors (Lipinski definition) is 5. The lowest BCUT2D eigenvalue weighted by atomic mass is 9.96. The molecule has 27 heavy (non-hydrogen) atoms. The zero-order valence-corrected chi connectivity index (χ0v) is 16.7. The lowest BCUT2D eigenvalue weighted by Gasteiger charge is -2.32. The minimum atomic E-state index is -0.313. The number of nitrogens with zero attached hydrogens (tertiary/aromatic N) is 5. The first-order chi connectivity index (χ1) is 12.8. The second-order valence-electron chi connectivity index (χ2n) is 7.70. The van der Waals surface area contributed by atoms with Crippen molar-refractivity contribution in [3.63, 3.8) is 0 Å². The molecule has 0 aromatic carbocycles. The molecule has 1 atom stereocenters. The highest BCUT2D eigenvalue weighted by atomic mass is 16.2.